The lowest BCUT2D eigenvalue weighted by molar-refractivity contribution is -0.142. The van der Waals surface area contributed by atoms with E-state index in [-0.39, 0.29) is 12.8 Å². The molecule has 1 fully saturated rings. The summed E-state index contributed by atoms with van der Waals surface area (Å²) in [6.07, 6.45) is 4.27. The van der Waals surface area contributed by atoms with Crippen molar-refractivity contribution in [3.05, 3.63) is 0 Å². The van der Waals surface area contributed by atoms with Crippen LogP contribution < -0.4 is 0 Å². The molecule has 5 heteroatoms. The monoisotopic (exact) mass is 244 g/mol. The van der Waals surface area contributed by atoms with Crippen LogP contribution in [0.4, 0.5) is 0 Å². The predicted molar refractivity (Wildman–Crippen MR) is 61.1 cm³/mol. The number of thioether (sulfide) groups is 1. The smallest absolute Gasteiger partial charge is 0.305 e. The number of esters is 1. The molecule has 0 heterocycles. The maximum Gasteiger partial charge on any atom is 0.305 e. The summed E-state index contributed by atoms with van der Waals surface area (Å²) in [5.74, 6) is -0.922. The van der Waals surface area contributed by atoms with Gasteiger partial charge in [-0.3, -0.25) is 14.4 Å². The van der Waals surface area contributed by atoms with Crippen LogP contribution in [0.3, 0.4) is 0 Å². The Morgan fingerprint density at radius 3 is 2.38 bits per heavy atom. The number of carbonyl (C=O) groups is 3. The fourth-order valence-electron chi connectivity index (χ4n) is 1.64. The van der Waals surface area contributed by atoms with Crippen molar-refractivity contribution >= 4 is 28.6 Å². The highest BCUT2D eigenvalue weighted by molar-refractivity contribution is 8.15. The van der Waals surface area contributed by atoms with Gasteiger partial charge in [0.05, 0.1) is 13.5 Å². The first kappa shape index (κ1) is 13.2. The van der Waals surface area contributed by atoms with Crippen molar-refractivity contribution in [2.75, 3.05) is 7.11 Å². The molecule has 0 amide bonds. The molecular formula is C11H16O4S. The number of hydrogen-bond acceptors (Lipinski definition) is 5. The molecule has 16 heavy (non-hydrogen) atoms. The second-order valence-electron chi connectivity index (χ2n) is 3.81. The first-order valence-corrected chi connectivity index (χ1v) is 6.32. The van der Waals surface area contributed by atoms with Crippen molar-refractivity contribution in [1.29, 1.82) is 0 Å². The normalized spacial score (nSPS) is 16.1. The molecule has 0 aromatic rings. The second kappa shape index (κ2) is 6.68. The molecule has 0 spiro atoms. The zero-order valence-corrected chi connectivity index (χ0v) is 10.2. The van der Waals surface area contributed by atoms with Crippen LogP contribution >= 0.6 is 11.8 Å². The van der Waals surface area contributed by atoms with E-state index in [1.54, 1.807) is 0 Å². The largest absolute Gasteiger partial charge is 0.469 e. The number of Topliss-reactive ketones (excluding diaryl/α,β-unsaturated/α-hetero) is 1. The van der Waals surface area contributed by atoms with Gasteiger partial charge in [0.15, 0.2) is 0 Å². The molecule has 0 aromatic heterocycles. The third-order valence-corrected chi connectivity index (χ3v) is 3.83. The molecule has 1 aliphatic carbocycles. The summed E-state index contributed by atoms with van der Waals surface area (Å²) in [7, 11) is 1.27. The Morgan fingerprint density at radius 2 is 1.81 bits per heavy atom. The molecule has 0 aliphatic heterocycles. The third-order valence-electron chi connectivity index (χ3n) is 2.59. The van der Waals surface area contributed by atoms with Gasteiger partial charge in [0.2, 0.25) is 5.78 Å². The van der Waals surface area contributed by atoms with E-state index in [2.05, 4.69) is 4.74 Å². The number of rotatable bonds is 5. The van der Waals surface area contributed by atoms with Gasteiger partial charge in [0, 0.05) is 11.7 Å². The first-order chi connectivity index (χ1) is 7.63. The van der Waals surface area contributed by atoms with E-state index in [9.17, 15) is 14.4 Å². The van der Waals surface area contributed by atoms with E-state index in [4.69, 9.17) is 0 Å². The van der Waals surface area contributed by atoms with E-state index >= 15 is 0 Å². The molecular weight excluding hydrogens is 228 g/mol. The maximum atomic E-state index is 11.5. The quantitative estimate of drug-likeness (QED) is 0.544. The highest BCUT2D eigenvalue weighted by atomic mass is 32.2. The Bertz CT molecular complexity index is 282. The lowest BCUT2D eigenvalue weighted by atomic mass is 10.2. The zero-order chi connectivity index (χ0) is 12.0. The fourth-order valence-corrected chi connectivity index (χ4v) is 2.75. The summed E-state index contributed by atoms with van der Waals surface area (Å²) < 4.78 is 4.40. The van der Waals surface area contributed by atoms with E-state index in [0.717, 1.165) is 37.4 Å². The van der Waals surface area contributed by atoms with Crippen LogP contribution in [0.2, 0.25) is 0 Å². The zero-order valence-electron chi connectivity index (χ0n) is 9.36. The molecule has 4 nitrogen and oxygen atoms in total. The second-order valence-corrected chi connectivity index (χ2v) is 5.08. The standard InChI is InChI=1S/C11H16O4S/c1-15-10(13)7-6-9(12)11(14)16-8-4-2-3-5-8/h8H,2-7H2,1H3. The van der Waals surface area contributed by atoms with Gasteiger partial charge in [0.1, 0.15) is 0 Å². The highest BCUT2D eigenvalue weighted by Gasteiger charge is 2.23. The van der Waals surface area contributed by atoms with E-state index in [1.165, 1.54) is 7.11 Å². The molecule has 0 radical (unpaired) electrons. The molecule has 90 valence electrons. The Kier molecular flexibility index (Phi) is 5.52. The molecule has 0 atom stereocenters. The van der Waals surface area contributed by atoms with E-state index in [1.807, 2.05) is 0 Å². The molecule has 1 aliphatic rings. The summed E-state index contributed by atoms with van der Waals surface area (Å²) in [5, 5.41) is -0.106. The topological polar surface area (TPSA) is 60.4 Å². The van der Waals surface area contributed by atoms with Crippen molar-refractivity contribution in [3.63, 3.8) is 0 Å². The highest BCUT2D eigenvalue weighted by Crippen LogP contribution is 2.30. The molecule has 0 aromatic carbocycles. The van der Waals surface area contributed by atoms with Crippen LogP contribution in [0.1, 0.15) is 38.5 Å². The summed E-state index contributed by atoms with van der Waals surface area (Å²) in [6.45, 7) is 0. The van der Waals surface area contributed by atoms with Crippen molar-refractivity contribution < 1.29 is 19.1 Å². The molecule has 1 rings (SSSR count). The van der Waals surface area contributed by atoms with Crippen LogP contribution in [-0.2, 0) is 19.1 Å². The average Bonchev–Trinajstić information content (AvgIpc) is 2.77. The number of ether oxygens (including phenoxy) is 1. The van der Waals surface area contributed by atoms with Gasteiger partial charge < -0.3 is 4.74 Å². The van der Waals surface area contributed by atoms with Crippen molar-refractivity contribution in [3.8, 4) is 0 Å². The summed E-state index contributed by atoms with van der Waals surface area (Å²) >= 11 is 1.13. The van der Waals surface area contributed by atoms with E-state index < -0.39 is 16.9 Å². The van der Waals surface area contributed by atoms with Gasteiger partial charge in [-0.1, -0.05) is 24.6 Å². The third kappa shape index (κ3) is 4.35. The Morgan fingerprint density at radius 1 is 1.19 bits per heavy atom. The lowest BCUT2D eigenvalue weighted by Crippen LogP contribution is -2.15. The molecule has 1 saturated carbocycles. The number of ketones is 1. The Hall–Kier alpha value is -0.840. The van der Waals surface area contributed by atoms with Crippen LogP contribution in [0.15, 0.2) is 0 Å². The number of hydrogen-bond donors (Lipinski definition) is 0. The molecule has 0 bridgehead atoms. The molecule has 0 unspecified atom stereocenters. The van der Waals surface area contributed by atoms with Gasteiger partial charge in [-0.05, 0) is 12.8 Å². The van der Waals surface area contributed by atoms with Crippen molar-refractivity contribution in [2.45, 2.75) is 43.8 Å². The summed E-state index contributed by atoms with van der Waals surface area (Å²) in [6, 6.07) is 0. The maximum absolute atomic E-state index is 11.5. The van der Waals surface area contributed by atoms with Gasteiger partial charge in [-0.15, -0.1) is 0 Å². The summed E-state index contributed by atoms with van der Waals surface area (Å²) in [4.78, 5) is 33.6. The minimum absolute atomic E-state index is 0.00764. The Balaban J connectivity index is 2.24. The van der Waals surface area contributed by atoms with Crippen molar-refractivity contribution in [1.82, 2.24) is 0 Å². The number of carbonyl (C=O) groups excluding carboxylic acids is 3. The minimum Gasteiger partial charge on any atom is -0.469 e. The number of methoxy groups -OCH3 is 1. The summed E-state index contributed by atoms with van der Waals surface area (Å²) in [5.41, 5.74) is 0. The molecule has 0 saturated heterocycles. The predicted octanol–water partition coefficient (Wildman–Crippen LogP) is 1.71. The SMILES string of the molecule is COC(=O)CCC(=O)C(=O)SC1CCCC1. The van der Waals surface area contributed by atoms with Crippen LogP contribution in [0, 0.1) is 0 Å². The Labute approximate surface area is 99.1 Å². The van der Waals surface area contributed by atoms with Gasteiger partial charge in [-0.25, -0.2) is 0 Å². The average molecular weight is 244 g/mol. The van der Waals surface area contributed by atoms with Crippen LogP contribution in [-0.4, -0.2) is 29.2 Å². The lowest BCUT2D eigenvalue weighted by Gasteiger charge is -2.05. The van der Waals surface area contributed by atoms with Gasteiger partial charge in [0.25, 0.3) is 5.12 Å². The van der Waals surface area contributed by atoms with Crippen LogP contribution in [0.25, 0.3) is 0 Å². The van der Waals surface area contributed by atoms with Gasteiger partial charge >= 0.3 is 5.97 Å². The molecule has 0 N–H and O–H groups in total. The van der Waals surface area contributed by atoms with Crippen LogP contribution in [0.5, 0.6) is 0 Å². The fraction of sp³-hybridized carbons (Fsp3) is 0.727. The first-order valence-electron chi connectivity index (χ1n) is 5.44. The van der Waals surface area contributed by atoms with E-state index in [0.29, 0.717) is 5.25 Å². The van der Waals surface area contributed by atoms with Crippen molar-refractivity contribution in [2.24, 2.45) is 0 Å². The van der Waals surface area contributed by atoms with Gasteiger partial charge in [-0.2, -0.15) is 0 Å². The minimum atomic E-state index is -0.470.